The van der Waals surface area contributed by atoms with Crippen molar-refractivity contribution >= 4 is 0 Å². The van der Waals surface area contributed by atoms with Crippen LogP contribution >= 0.6 is 0 Å². The lowest BCUT2D eigenvalue weighted by molar-refractivity contribution is 0.123. The monoisotopic (exact) mass is 161 g/mol. The third-order valence-electron chi connectivity index (χ3n) is 1.41. The average molecular weight is 161 g/mol. The van der Waals surface area contributed by atoms with Crippen LogP contribution in [0.2, 0.25) is 0 Å². The topological polar surface area (TPSA) is 41.5 Å². The second-order valence-corrected chi connectivity index (χ2v) is 2.50. The van der Waals surface area contributed by atoms with Crippen molar-refractivity contribution in [1.82, 2.24) is 5.32 Å². The first kappa shape index (κ1) is 10.9. The minimum Gasteiger partial charge on any atom is -0.396 e. The zero-order valence-corrected chi connectivity index (χ0v) is 7.31. The van der Waals surface area contributed by atoms with Gasteiger partial charge in [0.05, 0.1) is 0 Å². The van der Waals surface area contributed by atoms with Gasteiger partial charge < -0.3 is 15.2 Å². The number of hydrogen-bond acceptors (Lipinski definition) is 3. The molecule has 3 heteroatoms. The Morgan fingerprint density at radius 1 is 1.18 bits per heavy atom. The van der Waals surface area contributed by atoms with Crippen LogP contribution in [0.3, 0.4) is 0 Å². The lowest BCUT2D eigenvalue weighted by atomic mass is 10.3. The molecule has 0 fully saturated rings. The van der Waals surface area contributed by atoms with Gasteiger partial charge in [0.2, 0.25) is 0 Å². The molecule has 0 atom stereocenters. The van der Waals surface area contributed by atoms with Gasteiger partial charge in [0.1, 0.15) is 0 Å². The fourth-order valence-corrected chi connectivity index (χ4v) is 0.769. The molecule has 0 heterocycles. The molecule has 0 saturated heterocycles. The highest BCUT2D eigenvalue weighted by Crippen LogP contribution is 1.89. The van der Waals surface area contributed by atoms with Crippen LogP contribution < -0.4 is 5.32 Å². The number of rotatable bonds is 8. The maximum absolute atomic E-state index is 8.44. The van der Waals surface area contributed by atoms with Crippen LogP contribution in [0, 0.1) is 0 Å². The van der Waals surface area contributed by atoms with E-state index in [2.05, 4.69) is 5.32 Å². The van der Waals surface area contributed by atoms with E-state index in [0.29, 0.717) is 0 Å². The molecule has 0 aromatic carbocycles. The average Bonchev–Trinajstić information content (AvgIpc) is 2.03. The van der Waals surface area contributed by atoms with Crippen molar-refractivity contribution in [2.45, 2.75) is 19.3 Å². The second-order valence-electron chi connectivity index (χ2n) is 2.50. The summed E-state index contributed by atoms with van der Waals surface area (Å²) in [5.74, 6) is 0. The summed E-state index contributed by atoms with van der Waals surface area (Å²) < 4.78 is 5.29. The fraction of sp³-hybridized carbons (Fsp3) is 1.00. The normalized spacial score (nSPS) is 10.4. The molecule has 0 aliphatic carbocycles. The third-order valence-corrected chi connectivity index (χ3v) is 1.41. The minimum absolute atomic E-state index is 0.278. The predicted molar refractivity (Wildman–Crippen MR) is 45.7 cm³/mol. The Morgan fingerprint density at radius 3 is 2.55 bits per heavy atom. The molecule has 0 spiro atoms. The smallest absolute Gasteiger partial charge is 0.0478 e. The summed E-state index contributed by atoms with van der Waals surface area (Å²) in [7, 11) is 1.94. The maximum atomic E-state index is 8.44. The molecule has 0 aromatic heterocycles. The highest BCUT2D eigenvalue weighted by atomic mass is 16.5. The van der Waals surface area contributed by atoms with Crippen LogP contribution in [0.1, 0.15) is 19.3 Å². The molecule has 0 radical (unpaired) electrons. The van der Waals surface area contributed by atoms with Gasteiger partial charge in [-0.15, -0.1) is 0 Å². The van der Waals surface area contributed by atoms with Crippen molar-refractivity contribution in [3.8, 4) is 0 Å². The standard InChI is InChI=1S/C8H19NO2/c1-9-5-4-8-11-7-3-2-6-10/h9-10H,2-8H2,1H3. The molecule has 0 aliphatic heterocycles. The lowest BCUT2D eigenvalue weighted by Gasteiger charge is -2.02. The number of nitrogens with one attached hydrogen (secondary N) is 1. The van der Waals surface area contributed by atoms with Crippen molar-refractivity contribution in [2.24, 2.45) is 0 Å². The third kappa shape index (κ3) is 9.88. The van der Waals surface area contributed by atoms with E-state index in [9.17, 15) is 0 Å². The first-order chi connectivity index (χ1) is 5.41. The van der Waals surface area contributed by atoms with Crippen LogP contribution in [0.5, 0.6) is 0 Å². The van der Waals surface area contributed by atoms with E-state index in [1.165, 1.54) is 0 Å². The molecular formula is C8H19NO2. The maximum Gasteiger partial charge on any atom is 0.0478 e. The van der Waals surface area contributed by atoms with Crippen molar-refractivity contribution in [2.75, 3.05) is 33.4 Å². The molecule has 0 bridgehead atoms. The summed E-state index contributed by atoms with van der Waals surface area (Å²) in [6.07, 6.45) is 2.89. The number of ether oxygens (including phenoxy) is 1. The van der Waals surface area contributed by atoms with Gasteiger partial charge in [-0.1, -0.05) is 0 Å². The number of hydrogen-bond donors (Lipinski definition) is 2. The second kappa shape index (κ2) is 9.88. The zero-order valence-electron chi connectivity index (χ0n) is 7.31. The van der Waals surface area contributed by atoms with Crippen LogP contribution in [0.4, 0.5) is 0 Å². The van der Waals surface area contributed by atoms with E-state index < -0.39 is 0 Å². The van der Waals surface area contributed by atoms with E-state index in [-0.39, 0.29) is 6.61 Å². The summed E-state index contributed by atoms with van der Waals surface area (Å²) in [6, 6.07) is 0. The van der Waals surface area contributed by atoms with Gasteiger partial charge >= 0.3 is 0 Å². The molecule has 0 aliphatic rings. The Labute approximate surface area is 68.8 Å². The largest absolute Gasteiger partial charge is 0.396 e. The van der Waals surface area contributed by atoms with Gasteiger partial charge in [-0.25, -0.2) is 0 Å². The van der Waals surface area contributed by atoms with Gasteiger partial charge in [0.15, 0.2) is 0 Å². The Bertz CT molecular complexity index is 61.1. The number of aliphatic hydroxyl groups excluding tert-OH is 1. The molecule has 11 heavy (non-hydrogen) atoms. The van der Waals surface area contributed by atoms with Crippen molar-refractivity contribution in [3.05, 3.63) is 0 Å². The van der Waals surface area contributed by atoms with Crippen molar-refractivity contribution < 1.29 is 9.84 Å². The highest BCUT2D eigenvalue weighted by molar-refractivity contribution is 4.40. The molecule has 0 aromatic rings. The molecule has 2 N–H and O–H groups in total. The summed E-state index contributed by atoms with van der Waals surface area (Å²) in [6.45, 7) is 2.90. The summed E-state index contributed by atoms with van der Waals surface area (Å²) in [4.78, 5) is 0. The SMILES string of the molecule is CNCCCOCCCCO. The molecule has 68 valence electrons. The summed E-state index contributed by atoms with van der Waals surface area (Å²) >= 11 is 0. The Hall–Kier alpha value is -0.120. The Morgan fingerprint density at radius 2 is 1.91 bits per heavy atom. The molecular weight excluding hydrogens is 142 g/mol. The number of aliphatic hydroxyl groups is 1. The molecule has 3 nitrogen and oxygen atoms in total. The van der Waals surface area contributed by atoms with Crippen LogP contribution in [-0.4, -0.2) is 38.5 Å². The van der Waals surface area contributed by atoms with E-state index >= 15 is 0 Å². The molecule has 0 amide bonds. The van der Waals surface area contributed by atoms with Gasteiger partial charge in [0, 0.05) is 19.8 Å². The first-order valence-electron chi connectivity index (χ1n) is 4.25. The van der Waals surface area contributed by atoms with Crippen LogP contribution in [-0.2, 0) is 4.74 Å². The minimum atomic E-state index is 0.278. The van der Waals surface area contributed by atoms with E-state index in [1.807, 2.05) is 7.05 Å². The number of unbranched alkanes of at least 4 members (excludes halogenated alkanes) is 1. The quantitative estimate of drug-likeness (QED) is 0.506. The first-order valence-corrected chi connectivity index (χ1v) is 4.25. The highest BCUT2D eigenvalue weighted by Gasteiger charge is 1.88. The van der Waals surface area contributed by atoms with Gasteiger partial charge in [-0.2, -0.15) is 0 Å². The van der Waals surface area contributed by atoms with Gasteiger partial charge in [-0.05, 0) is 32.9 Å². The molecule has 0 saturated carbocycles. The van der Waals surface area contributed by atoms with Crippen molar-refractivity contribution in [3.63, 3.8) is 0 Å². The van der Waals surface area contributed by atoms with Gasteiger partial charge in [0.25, 0.3) is 0 Å². The van der Waals surface area contributed by atoms with Crippen LogP contribution in [0.25, 0.3) is 0 Å². The fourth-order valence-electron chi connectivity index (χ4n) is 0.769. The van der Waals surface area contributed by atoms with Crippen molar-refractivity contribution in [1.29, 1.82) is 0 Å². The Kier molecular flexibility index (Phi) is 9.77. The summed E-state index contributed by atoms with van der Waals surface area (Å²) in [5.41, 5.74) is 0. The summed E-state index contributed by atoms with van der Waals surface area (Å²) in [5, 5.41) is 11.5. The zero-order chi connectivity index (χ0) is 8.36. The predicted octanol–water partition coefficient (Wildman–Crippen LogP) is 0.385. The molecule has 0 unspecified atom stereocenters. The van der Waals surface area contributed by atoms with Gasteiger partial charge in [-0.3, -0.25) is 0 Å². The van der Waals surface area contributed by atoms with E-state index in [4.69, 9.17) is 9.84 Å². The lowest BCUT2D eigenvalue weighted by Crippen LogP contribution is -2.10. The molecule has 0 rings (SSSR count). The van der Waals surface area contributed by atoms with E-state index in [0.717, 1.165) is 39.0 Å². The van der Waals surface area contributed by atoms with E-state index in [1.54, 1.807) is 0 Å². The van der Waals surface area contributed by atoms with Crippen LogP contribution in [0.15, 0.2) is 0 Å². The Balaban J connectivity index is 2.69.